The van der Waals surface area contributed by atoms with Gasteiger partial charge in [-0.25, -0.2) is 0 Å². The van der Waals surface area contributed by atoms with E-state index >= 15 is 0 Å². The lowest BCUT2D eigenvalue weighted by molar-refractivity contribution is 0.0605. The third-order valence-corrected chi connectivity index (χ3v) is 77.7. The Morgan fingerprint density at radius 1 is 0.207 bits per heavy atom. The van der Waals surface area contributed by atoms with E-state index in [-0.39, 0.29) is 20.2 Å². The molecule has 0 bridgehead atoms. The maximum absolute atomic E-state index is 9.39. The fourth-order valence-electron chi connectivity index (χ4n) is 17.3. The van der Waals surface area contributed by atoms with Crippen LogP contribution in [0.1, 0.15) is 89.5 Å². The first kappa shape index (κ1) is 120. The molecule has 0 saturated carbocycles. The van der Waals surface area contributed by atoms with Crippen molar-refractivity contribution in [2.45, 2.75) is 110 Å². The standard InChI is InChI=1S/C108H129NO8S24Si4/c1-105(2,3)142(79-41-24-16-25-42-79,80-43-26-17-27-44-80)114-66-75-126-95-96(127-76-67-115-143(106(4,5)6,81-45-28-18-29-46-81)82-47-30-19-31-48-82)139-103(138-95)100-131-88(119-14)91(134-100)122-71-62-110-58-60-112-64-73-124-93-94(137-102(136-93)99-130-87(118-13)90(133-99)121-70-40-57-109)125-74-65-113-61-59-111-63-72-123-92-89(120-15)132-101(135-92)104-140-97(128-77-68-116-144(107(7,8)9,83-49-32-20-33-50-83)84-51-34-21-35-52-84)98(141-104)129-78-69-117-145(108(10,11)12,85-53-36-22-37-54-85)86-55-38-23-39-56-86/h16-39,41-56H,40,58-78H2,1-15H3. The van der Waals surface area contributed by atoms with Gasteiger partial charge in [-0.05, 0) is 80.4 Å². The smallest absolute Gasteiger partial charge is 0.261 e. The Morgan fingerprint density at radius 3 is 0.503 bits per heavy atom. The van der Waals surface area contributed by atoms with E-state index in [0.29, 0.717) is 85.7 Å². The van der Waals surface area contributed by atoms with Crippen LogP contribution in [0.3, 0.4) is 0 Å². The van der Waals surface area contributed by atoms with Gasteiger partial charge >= 0.3 is 0 Å². The number of hydrogen-bond acceptors (Lipinski definition) is 33. The van der Waals surface area contributed by atoms with Crippen LogP contribution in [0.15, 0.2) is 319 Å². The first-order valence-corrected chi connectivity index (χ1v) is 78.0. The number of nitrogens with zero attached hydrogens (tertiary/aromatic N) is 1. The molecule has 6 heterocycles. The Balaban J connectivity index is 0.538. The number of benzene rings is 8. The Morgan fingerprint density at radius 2 is 0.352 bits per heavy atom. The molecule has 14 rings (SSSR count). The van der Waals surface area contributed by atoms with Crippen molar-refractivity contribution in [3.8, 4) is 6.07 Å². The van der Waals surface area contributed by atoms with Gasteiger partial charge in [0.1, 0.15) is 0 Å². The molecule has 0 aromatic heterocycles. The van der Waals surface area contributed by atoms with E-state index in [9.17, 15) is 5.26 Å². The average Bonchev–Trinajstić information content (AvgIpc) is 1.18. The zero-order valence-electron chi connectivity index (χ0n) is 84.7. The zero-order valence-corrected chi connectivity index (χ0v) is 108. The summed E-state index contributed by atoms with van der Waals surface area (Å²) in [5, 5.41) is 19.4. The number of ether oxygens (including phenoxy) is 4. The summed E-state index contributed by atoms with van der Waals surface area (Å²) in [6.45, 7) is 35.7. The number of hydrogen-bond donors (Lipinski definition) is 0. The zero-order chi connectivity index (χ0) is 102. The van der Waals surface area contributed by atoms with Crippen molar-refractivity contribution in [1.82, 2.24) is 0 Å². The molecule has 6 aliphatic heterocycles. The minimum atomic E-state index is -2.72. The van der Waals surface area contributed by atoms with Gasteiger partial charge in [0.05, 0.1) is 135 Å². The van der Waals surface area contributed by atoms with Crippen molar-refractivity contribution in [3.63, 3.8) is 0 Å². The maximum atomic E-state index is 9.39. The van der Waals surface area contributed by atoms with E-state index in [1.807, 2.05) is 271 Å². The quantitative estimate of drug-likeness (QED) is 0.0267. The van der Waals surface area contributed by atoms with E-state index < -0.39 is 33.3 Å². The van der Waals surface area contributed by atoms with Gasteiger partial charge in [0.15, 0.2) is 0 Å². The van der Waals surface area contributed by atoms with E-state index in [1.165, 1.54) is 118 Å². The molecule has 6 aliphatic rings. The highest BCUT2D eigenvalue weighted by Gasteiger charge is 2.55. The van der Waals surface area contributed by atoms with Gasteiger partial charge in [-0.2, -0.15) is 5.26 Å². The molecule has 0 fully saturated rings. The lowest BCUT2D eigenvalue weighted by Gasteiger charge is -2.43. The van der Waals surface area contributed by atoms with Gasteiger partial charge in [-0.15, -0.1) is 141 Å². The van der Waals surface area contributed by atoms with Gasteiger partial charge < -0.3 is 36.7 Å². The number of thioether (sulfide) groups is 24. The van der Waals surface area contributed by atoms with Crippen LogP contribution in [0.4, 0.5) is 0 Å². The molecular formula is C108H129NO8S24Si4. The Kier molecular flexibility index (Phi) is 49.9. The molecule has 0 aliphatic carbocycles. The number of rotatable bonds is 56. The molecule has 0 saturated heterocycles. The summed E-state index contributed by atoms with van der Waals surface area (Å²) < 4.78 is 79.4. The van der Waals surface area contributed by atoms with Gasteiger partial charge in [-0.1, -0.05) is 467 Å². The second-order valence-corrected chi connectivity index (χ2v) is 83.6. The third kappa shape index (κ3) is 32.0. The summed E-state index contributed by atoms with van der Waals surface area (Å²) in [4.78, 5) is 0. The molecule has 0 atom stereocenters. The van der Waals surface area contributed by atoms with Gasteiger partial charge in [0.2, 0.25) is 0 Å². The summed E-state index contributed by atoms with van der Waals surface area (Å²) in [6, 6.07) is 90.5. The first-order valence-electron chi connectivity index (χ1n) is 48.1. The molecule has 0 unspecified atom stereocenters. The molecule has 0 amide bonds. The van der Waals surface area contributed by atoms with Crippen LogP contribution in [0.25, 0.3) is 0 Å². The van der Waals surface area contributed by atoms with Crippen LogP contribution in [-0.4, -0.2) is 183 Å². The first-order chi connectivity index (χ1) is 70.3. The molecule has 37 heteroatoms. The van der Waals surface area contributed by atoms with Crippen molar-refractivity contribution in [2.75, 3.05) is 150 Å². The van der Waals surface area contributed by atoms with E-state index in [4.69, 9.17) is 36.7 Å². The minimum absolute atomic E-state index is 0.105. The van der Waals surface area contributed by atoms with Crippen LogP contribution >= 0.6 is 282 Å². The van der Waals surface area contributed by atoms with Gasteiger partial charge in [-0.3, -0.25) is 0 Å². The van der Waals surface area contributed by atoms with Crippen molar-refractivity contribution in [3.05, 3.63) is 319 Å². The second kappa shape index (κ2) is 60.2. The van der Waals surface area contributed by atoms with Crippen LogP contribution < -0.4 is 41.5 Å². The molecule has 774 valence electrons. The van der Waals surface area contributed by atoms with Crippen molar-refractivity contribution >= 4 is 357 Å². The highest BCUT2D eigenvalue weighted by Crippen LogP contribution is 2.70. The van der Waals surface area contributed by atoms with E-state index in [0.717, 1.165) is 51.8 Å². The van der Waals surface area contributed by atoms with Crippen LogP contribution in [0, 0.1) is 11.3 Å². The Hall–Kier alpha value is -0.142. The maximum Gasteiger partial charge on any atom is 0.261 e. The van der Waals surface area contributed by atoms with Crippen LogP contribution in [0.5, 0.6) is 0 Å². The molecule has 0 N–H and O–H groups in total. The molecule has 0 radical (unpaired) electrons. The van der Waals surface area contributed by atoms with E-state index in [1.54, 1.807) is 11.8 Å². The molecule has 9 nitrogen and oxygen atoms in total. The topological polar surface area (TPSA) is 97.6 Å². The van der Waals surface area contributed by atoms with Crippen molar-refractivity contribution in [1.29, 1.82) is 5.26 Å². The monoisotopic (exact) mass is 2450 g/mol. The summed E-state index contributed by atoms with van der Waals surface area (Å²) in [6.07, 6.45) is 7.13. The predicted octanol–water partition coefficient (Wildman–Crippen LogP) is 32.0. The summed E-state index contributed by atoms with van der Waals surface area (Å²) in [5.74, 6) is 7.57. The second-order valence-electron chi connectivity index (χ2n) is 37.1. The number of nitriles is 1. The van der Waals surface area contributed by atoms with Crippen molar-refractivity contribution in [2.24, 2.45) is 0 Å². The molecular weight excluding hydrogens is 2320 g/mol. The highest BCUT2D eigenvalue weighted by molar-refractivity contribution is 8.47. The van der Waals surface area contributed by atoms with E-state index in [2.05, 4.69) is 351 Å². The Bertz CT molecular complexity index is 5140. The predicted molar refractivity (Wildman–Crippen MR) is 695 cm³/mol. The molecule has 145 heavy (non-hydrogen) atoms. The summed E-state index contributed by atoms with van der Waals surface area (Å²) in [5.41, 5.74) is 0. The average molecular weight is 2450 g/mol. The van der Waals surface area contributed by atoms with Gasteiger partial charge in [0, 0.05) is 84.6 Å². The summed E-state index contributed by atoms with van der Waals surface area (Å²) in [7, 11) is -10.9. The fourth-order valence-corrected chi connectivity index (χ4v) is 70.0. The third-order valence-electron chi connectivity index (χ3n) is 23.5. The van der Waals surface area contributed by atoms with Crippen LogP contribution in [-0.2, 0) is 36.7 Å². The lowest BCUT2D eigenvalue weighted by atomic mass is 10.2. The SMILES string of the molecule is CSC1=C(SCCC#N)SC(=C2SC(SCCOCCOCCSC3=C(SC)SC(=C4SC(SCCO[Si](c5ccccc5)(c5ccccc5)C(C)(C)C)=C(SCCO[Si](c5ccccc5)(c5ccccc5)C(C)(C)C)S4)S3)=C(SCCOCCOCCSC3=C(SC)SC(=C4SC(SCCO[Si](c5ccccc5)(c5ccccc5)C(C)(C)C)=C(SCCO[Si](c5ccccc5)(c5ccccc5)C(C)(C)C)S4)S3)S2)S1. The molecule has 0 spiro atoms. The fraction of sp³-hybridized carbons (Fsp3) is 0.380. The van der Waals surface area contributed by atoms with Gasteiger partial charge in [0.25, 0.3) is 33.3 Å². The molecule has 8 aromatic rings. The lowest BCUT2D eigenvalue weighted by Crippen LogP contribution is -2.66. The summed E-state index contributed by atoms with van der Waals surface area (Å²) >= 11 is 45.8. The minimum Gasteiger partial charge on any atom is -0.407 e. The highest BCUT2D eigenvalue weighted by atomic mass is 32.3. The Labute approximate surface area is 971 Å². The molecule has 8 aromatic carbocycles. The largest absolute Gasteiger partial charge is 0.407 e. The van der Waals surface area contributed by atoms with Crippen molar-refractivity contribution < 1.29 is 36.7 Å². The van der Waals surface area contributed by atoms with Crippen LogP contribution in [0.2, 0.25) is 20.2 Å². The normalized spacial score (nSPS) is 16.1.